The Bertz CT molecular complexity index is 363. The highest BCUT2D eigenvalue weighted by Crippen LogP contribution is 2.10. The second-order valence-corrected chi connectivity index (χ2v) is 3.24. The summed E-state index contributed by atoms with van der Waals surface area (Å²) in [7, 11) is 1.34. The van der Waals surface area contributed by atoms with Crippen LogP contribution in [0.4, 0.5) is 4.39 Å². The van der Waals surface area contributed by atoms with Gasteiger partial charge in [0.25, 0.3) is 0 Å². The third-order valence-corrected chi connectivity index (χ3v) is 1.89. The van der Waals surface area contributed by atoms with E-state index in [9.17, 15) is 9.18 Å². The minimum atomic E-state index is -0.306. The van der Waals surface area contributed by atoms with E-state index in [0.29, 0.717) is 0 Å². The number of hydrogen-bond acceptors (Lipinski definition) is 2. The van der Waals surface area contributed by atoms with Gasteiger partial charge in [-0.3, -0.25) is 4.79 Å². The van der Waals surface area contributed by atoms with Crippen molar-refractivity contribution in [3.8, 4) is 0 Å². The van der Waals surface area contributed by atoms with E-state index in [1.54, 1.807) is 12.2 Å². The number of esters is 1. The molecule has 0 aliphatic carbocycles. The van der Waals surface area contributed by atoms with Gasteiger partial charge in [-0.2, -0.15) is 0 Å². The number of aryl methyl sites for hydroxylation is 1. The second kappa shape index (κ2) is 5.29. The lowest BCUT2D eigenvalue weighted by atomic mass is 10.1. The summed E-state index contributed by atoms with van der Waals surface area (Å²) in [5, 5.41) is 0. The van der Waals surface area contributed by atoms with Crippen molar-refractivity contribution in [3.05, 3.63) is 41.2 Å². The van der Waals surface area contributed by atoms with Gasteiger partial charge in [0.2, 0.25) is 0 Å². The highest BCUT2D eigenvalue weighted by molar-refractivity contribution is 5.72. The summed E-state index contributed by atoms with van der Waals surface area (Å²) in [5.74, 6) is -0.577. The van der Waals surface area contributed by atoms with E-state index >= 15 is 0 Å². The summed E-state index contributed by atoms with van der Waals surface area (Å²) in [6.07, 6.45) is 3.55. The Labute approximate surface area is 88.4 Å². The number of methoxy groups -OCH3 is 1. The fourth-order valence-electron chi connectivity index (χ4n) is 1.24. The summed E-state index contributed by atoms with van der Waals surface area (Å²) in [5.41, 5.74) is 1.60. The molecule has 0 atom stereocenters. The van der Waals surface area contributed by atoms with E-state index < -0.39 is 0 Å². The molecule has 0 saturated heterocycles. The van der Waals surface area contributed by atoms with Crippen molar-refractivity contribution < 1.29 is 13.9 Å². The van der Waals surface area contributed by atoms with Crippen LogP contribution in [0.25, 0.3) is 6.08 Å². The van der Waals surface area contributed by atoms with Gasteiger partial charge in [-0.1, -0.05) is 18.2 Å². The molecule has 0 amide bonds. The first kappa shape index (κ1) is 11.4. The van der Waals surface area contributed by atoms with E-state index in [4.69, 9.17) is 0 Å². The highest BCUT2D eigenvalue weighted by Gasteiger charge is 1.96. The first-order valence-corrected chi connectivity index (χ1v) is 4.62. The maximum Gasteiger partial charge on any atom is 0.309 e. The minimum Gasteiger partial charge on any atom is -0.469 e. The van der Waals surface area contributed by atoms with E-state index in [1.807, 2.05) is 13.0 Å². The fraction of sp³-hybridized carbons (Fsp3) is 0.250. The molecule has 15 heavy (non-hydrogen) atoms. The molecule has 0 bridgehead atoms. The second-order valence-electron chi connectivity index (χ2n) is 3.24. The molecule has 0 saturated carbocycles. The van der Waals surface area contributed by atoms with Gasteiger partial charge in [-0.15, -0.1) is 0 Å². The topological polar surface area (TPSA) is 26.3 Å². The van der Waals surface area contributed by atoms with Crippen molar-refractivity contribution >= 4 is 12.0 Å². The van der Waals surface area contributed by atoms with Crippen LogP contribution in [-0.4, -0.2) is 13.1 Å². The maximum absolute atomic E-state index is 13.0. The quantitative estimate of drug-likeness (QED) is 0.714. The predicted octanol–water partition coefficient (Wildman–Crippen LogP) is 2.71. The third-order valence-electron chi connectivity index (χ3n) is 1.89. The molecule has 0 fully saturated rings. The first-order chi connectivity index (χ1) is 7.11. The van der Waals surface area contributed by atoms with Crippen molar-refractivity contribution in [2.45, 2.75) is 13.3 Å². The highest BCUT2D eigenvalue weighted by atomic mass is 19.1. The standard InChI is InChI=1S/C12H13FO2/c1-9-6-10(8-11(13)7-9)4-3-5-12(14)15-2/h3-4,6-8H,5H2,1-2H3. The number of hydrogen-bond donors (Lipinski definition) is 0. The van der Waals surface area contributed by atoms with E-state index in [1.165, 1.54) is 19.2 Å². The SMILES string of the molecule is COC(=O)CC=Cc1cc(C)cc(F)c1. The van der Waals surface area contributed by atoms with Crippen LogP contribution in [0.3, 0.4) is 0 Å². The molecule has 0 spiro atoms. The third kappa shape index (κ3) is 3.94. The number of rotatable bonds is 3. The molecule has 0 radical (unpaired) electrons. The van der Waals surface area contributed by atoms with Gasteiger partial charge in [0.15, 0.2) is 0 Å². The summed E-state index contributed by atoms with van der Waals surface area (Å²) >= 11 is 0. The summed E-state index contributed by atoms with van der Waals surface area (Å²) in [6.45, 7) is 1.82. The molecular formula is C12H13FO2. The Morgan fingerprint density at radius 1 is 1.47 bits per heavy atom. The molecule has 1 aromatic carbocycles. The molecule has 0 unspecified atom stereocenters. The van der Waals surface area contributed by atoms with Gasteiger partial charge in [-0.25, -0.2) is 4.39 Å². The lowest BCUT2D eigenvalue weighted by Gasteiger charge is -1.97. The van der Waals surface area contributed by atoms with Crippen LogP contribution in [0.5, 0.6) is 0 Å². The van der Waals surface area contributed by atoms with Crippen LogP contribution in [0.15, 0.2) is 24.3 Å². The zero-order chi connectivity index (χ0) is 11.3. The number of carbonyl (C=O) groups excluding carboxylic acids is 1. The Kier molecular flexibility index (Phi) is 4.03. The minimum absolute atomic E-state index is 0.200. The maximum atomic E-state index is 13.0. The Morgan fingerprint density at radius 2 is 2.20 bits per heavy atom. The average Bonchev–Trinajstić information content (AvgIpc) is 2.16. The number of carbonyl (C=O) groups is 1. The normalized spacial score (nSPS) is 10.6. The molecule has 0 heterocycles. The van der Waals surface area contributed by atoms with E-state index in [2.05, 4.69) is 4.74 Å². The van der Waals surface area contributed by atoms with Crippen LogP contribution in [0.2, 0.25) is 0 Å². The van der Waals surface area contributed by atoms with Crippen LogP contribution < -0.4 is 0 Å². The average molecular weight is 208 g/mol. The van der Waals surface area contributed by atoms with Gasteiger partial charge >= 0.3 is 5.97 Å². The van der Waals surface area contributed by atoms with E-state index in [0.717, 1.165) is 11.1 Å². The smallest absolute Gasteiger partial charge is 0.309 e. The van der Waals surface area contributed by atoms with Gasteiger partial charge < -0.3 is 4.74 Å². The molecular weight excluding hydrogens is 195 g/mol. The molecule has 1 rings (SSSR count). The van der Waals surface area contributed by atoms with Crippen molar-refractivity contribution in [2.24, 2.45) is 0 Å². The zero-order valence-corrected chi connectivity index (χ0v) is 8.79. The lowest BCUT2D eigenvalue weighted by Crippen LogP contribution is -1.96. The van der Waals surface area contributed by atoms with Crippen LogP contribution >= 0.6 is 0 Å². The molecule has 1 aromatic rings. The molecule has 0 aromatic heterocycles. The molecule has 0 aliphatic rings. The number of ether oxygens (including phenoxy) is 1. The van der Waals surface area contributed by atoms with E-state index in [-0.39, 0.29) is 18.2 Å². The van der Waals surface area contributed by atoms with Crippen molar-refractivity contribution in [3.63, 3.8) is 0 Å². The molecule has 3 heteroatoms. The number of benzene rings is 1. The van der Waals surface area contributed by atoms with Crippen LogP contribution in [0.1, 0.15) is 17.5 Å². The first-order valence-electron chi connectivity index (χ1n) is 4.62. The van der Waals surface area contributed by atoms with Crippen LogP contribution in [0, 0.1) is 12.7 Å². The van der Waals surface area contributed by atoms with Crippen molar-refractivity contribution in [1.29, 1.82) is 0 Å². The largest absolute Gasteiger partial charge is 0.469 e. The van der Waals surface area contributed by atoms with Gasteiger partial charge in [-0.05, 0) is 30.2 Å². The Morgan fingerprint density at radius 3 is 2.80 bits per heavy atom. The summed E-state index contributed by atoms with van der Waals surface area (Å²) < 4.78 is 17.4. The van der Waals surface area contributed by atoms with Gasteiger partial charge in [0.05, 0.1) is 13.5 Å². The zero-order valence-electron chi connectivity index (χ0n) is 8.79. The molecule has 0 aliphatic heterocycles. The van der Waals surface area contributed by atoms with Gasteiger partial charge in [0, 0.05) is 0 Å². The van der Waals surface area contributed by atoms with Crippen molar-refractivity contribution in [2.75, 3.05) is 7.11 Å². The monoisotopic (exact) mass is 208 g/mol. The molecule has 2 nitrogen and oxygen atoms in total. The fourth-order valence-corrected chi connectivity index (χ4v) is 1.24. The van der Waals surface area contributed by atoms with Gasteiger partial charge in [0.1, 0.15) is 5.82 Å². The molecule has 80 valence electrons. The number of halogens is 1. The summed E-state index contributed by atoms with van der Waals surface area (Å²) in [4.78, 5) is 10.8. The lowest BCUT2D eigenvalue weighted by molar-refractivity contribution is -0.139. The van der Waals surface area contributed by atoms with Crippen LogP contribution in [-0.2, 0) is 9.53 Å². The van der Waals surface area contributed by atoms with Crippen molar-refractivity contribution in [1.82, 2.24) is 0 Å². The Hall–Kier alpha value is -1.64. The summed E-state index contributed by atoms with van der Waals surface area (Å²) in [6, 6.07) is 4.72. The molecule has 0 N–H and O–H groups in total. The predicted molar refractivity (Wildman–Crippen MR) is 56.8 cm³/mol. The Balaban J connectivity index is 2.68.